The SMILES string of the molecule is C[C@H](N)CCCc1cc(OC(F)(F)F)c(F)c(-c2cc3cn(-c4ccc([C@H](C)NCC[C@H](Cn5ccnn5)N=C(N)N)cc4)c(=O)nc3[nH]2)c1. The summed E-state index contributed by atoms with van der Waals surface area (Å²) in [5.41, 5.74) is 18.5. The number of nitrogens with two attached hydrogens (primary N) is 3. The molecule has 3 aromatic heterocycles. The number of fused-ring (bicyclic) bond motifs is 1. The summed E-state index contributed by atoms with van der Waals surface area (Å²) in [6, 6.07) is 11.0. The molecule has 0 aliphatic carbocycles. The van der Waals surface area contributed by atoms with Crippen LogP contribution in [0.4, 0.5) is 17.6 Å². The van der Waals surface area contributed by atoms with Gasteiger partial charge in [0.1, 0.15) is 5.65 Å². The van der Waals surface area contributed by atoms with Gasteiger partial charge in [0, 0.05) is 35.4 Å². The normalized spacial score (nSPS) is 13.7. The largest absolute Gasteiger partial charge is 0.573 e. The average Bonchev–Trinajstić information content (AvgIpc) is 3.70. The summed E-state index contributed by atoms with van der Waals surface area (Å²) < 4.78 is 61.8. The summed E-state index contributed by atoms with van der Waals surface area (Å²) in [5.74, 6) is -2.14. The molecule has 0 saturated heterocycles. The number of aliphatic imine (C=N–C) groups is 1. The van der Waals surface area contributed by atoms with E-state index in [1.165, 1.54) is 22.9 Å². The van der Waals surface area contributed by atoms with Crippen LogP contribution < -0.4 is 32.9 Å². The van der Waals surface area contributed by atoms with Gasteiger partial charge in [-0.25, -0.2) is 14.2 Å². The summed E-state index contributed by atoms with van der Waals surface area (Å²) in [7, 11) is 0. The predicted molar refractivity (Wildman–Crippen MR) is 181 cm³/mol. The molecule has 0 amide bonds. The third kappa shape index (κ3) is 9.44. The molecule has 0 bridgehead atoms. The fourth-order valence-corrected chi connectivity index (χ4v) is 5.61. The second kappa shape index (κ2) is 15.5. The van der Waals surface area contributed by atoms with Crippen LogP contribution in [0.3, 0.4) is 0 Å². The second-order valence-corrected chi connectivity index (χ2v) is 12.1. The number of hydrogen-bond acceptors (Lipinski definition) is 8. The monoisotopic (exact) mass is 697 g/mol. The number of nitrogens with zero attached hydrogens (tertiary/aromatic N) is 6. The molecule has 0 aliphatic heterocycles. The van der Waals surface area contributed by atoms with Crippen molar-refractivity contribution >= 4 is 17.0 Å². The zero-order valence-electron chi connectivity index (χ0n) is 27.5. The number of hydrogen-bond donors (Lipinski definition) is 5. The average molecular weight is 698 g/mol. The molecule has 8 N–H and O–H groups in total. The number of rotatable bonds is 15. The van der Waals surface area contributed by atoms with Gasteiger partial charge in [0.15, 0.2) is 17.5 Å². The molecule has 13 nitrogen and oxygen atoms in total. The Hall–Kier alpha value is -5.29. The van der Waals surface area contributed by atoms with E-state index in [1.807, 2.05) is 26.0 Å². The van der Waals surface area contributed by atoms with Gasteiger partial charge in [-0.15, -0.1) is 18.3 Å². The van der Waals surface area contributed by atoms with Crippen molar-refractivity contribution in [3.63, 3.8) is 0 Å². The van der Waals surface area contributed by atoms with E-state index >= 15 is 4.39 Å². The van der Waals surface area contributed by atoms with Gasteiger partial charge < -0.3 is 32.2 Å². The van der Waals surface area contributed by atoms with Crippen LogP contribution in [0, 0.1) is 5.82 Å². The number of benzene rings is 2. The zero-order valence-corrected chi connectivity index (χ0v) is 27.5. The molecule has 0 aliphatic rings. The maximum Gasteiger partial charge on any atom is 0.573 e. The number of halogens is 4. The number of H-pyrrole nitrogens is 1. The standard InChI is InChI=1S/C33H39F4N11O2/c1-19(38)4-3-5-21-14-26(29(34)28(15-21)50-33(35,36)37)27-16-23-17-48(32(49)45-30(23)44-27)25-8-6-22(7-9-25)20(2)41-11-10-24(43-31(39)40)18-47-13-12-42-46-47/h6-9,12-17,19-20,24,41H,3-5,10-11,18,38H2,1-2H3,(H4,39,40,43)(H,44,45,49)/t19-,20-,24+/m0/s1. The van der Waals surface area contributed by atoms with Crippen molar-refractivity contribution in [1.82, 2.24) is 34.8 Å². The first-order valence-corrected chi connectivity index (χ1v) is 16.0. The Balaban J connectivity index is 1.33. The van der Waals surface area contributed by atoms with E-state index in [4.69, 9.17) is 17.2 Å². The Morgan fingerprint density at radius 2 is 1.88 bits per heavy atom. The van der Waals surface area contributed by atoms with E-state index < -0.39 is 23.6 Å². The van der Waals surface area contributed by atoms with Crippen molar-refractivity contribution in [3.8, 4) is 22.7 Å². The van der Waals surface area contributed by atoms with E-state index in [0.717, 1.165) is 11.6 Å². The van der Waals surface area contributed by atoms with Gasteiger partial charge in [0.25, 0.3) is 0 Å². The number of guanidine groups is 1. The van der Waals surface area contributed by atoms with Gasteiger partial charge in [-0.05, 0) is 87.5 Å². The molecular weight excluding hydrogens is 658 g/mol. The molecule has 0 saturated carbocycles. The van der Waals surface area contributed by atoms with E-state index in [9.17, 15) is 18.0 Å². The molecule has 0 fully saturated rings. The van der Waals surface area contributed by atoms with Crippen LogP contribution in [-0.4, -0.2) is 60.5 Å². The number of aromatic nitrogens is 6. The maximum absolute atomic E-state index is 15.4. The second-order valence-electron chi connectivity index (χ2n) is 12.1. The van der Waals surface area contributed by atoms with Gasteiger partial charge in [0.2, 0.25) is 0 Å². The van der Waals surface area contributed by atoms with E-state index in [1.54, 1.807) is 29.2 Å². The highest BCUT2D eigenvalue weighted by Crippen LogP contribution is 2.35. The maximum atomic E-state index is 15.4. The summed E-state index contributed by atoms with van der Waals surface area (Å²) in [6.45, 7) is 4.91. The van der Waals surface area contributed by atoms with Gasteiger partial charge in [-0.2, -0.15) is 4.98 Å². The summed E-state index contributed by atoms with van der Waals surface area (Å²) in [4.78, 5) is 24.3. The van der Waals surface area contributed by atoms with Crippen molar-refractivity contribution in [2.45, 2.75) is 70.6 Å². The Labute approximate surface area is 284 Å². The zero-order chi connectivity index (χ0) is 36.0. The van der Waals surface area contributed by atoms with E-state index in [-0.39, 0.29) is 41.0 Å². The molecule has 50 heavy (non-hydrogen) atoms. The Morgan fingerprint density at radius 1 is 1.12 bits per heavy atom. The molecule has 5 aromatic rings. The topological polar surface area (TPSA) is 193 Å². The van der Waals surface area contributed by atoms with Crippen LogP contribution in [-0.2, 0) is 13.0 Å². The van der Waals surface area contributed by atoms with E-state index in [0.29, 0.717) is 55.4 Å². The smallest absolute Gasteiger partial charge is 0.403 e. The van der Waals surface area contributed by atoms with Crippen molar-refractivity contribution < 1.29 is 22.3 Å². The number of ether oxygens (including phenoxy) is 1. The molecule has 0 unspecified atom stereocenters. The number of aromatic amines is 1. The third-order valence-electron chi connectivity index (χ3n) is 8.05. The summed E-state index contributed by atoms with van der Waals surface area (Å²) in [6.07, 6.45) is 1.98. The van der Waals surface area contributed by atoms with Crippen LogP contribution in [0.15, 0.2) is 70.8 Å². The van der Waals surface area contributed by atoms with Crippen LogP contribution >= 0.6 is 0 Å². The molecule has 0 spiro atoms. The lowest BCUT2D eigenvalue weighted by atomic mass is 10.0. The Bertz CT molecular complexity index is 1970. The van der Waals surface area contributed by atoms with Crippen LogP contribution in [0.1, 0.15) is 50.3 Å². The lowest BCUT2D eigenvalue weighted by Crippen LogP contribution is -2.30. The molecule has 3 heterocycles. The quantitative estimate of drug-likeness (QED) is 0.0610. The molecule has 17 heteroatoms. The van der Waals surface area contributed by atoms with Gasteiger partial charge in [-0.3, -0.25) is 9.25 Å². The predicted octanol–water partition coefficient (Wildman–Crippen LogP) is 4.06. The van der Waals surface area contributed by atoms with Crippen LogP contribution in [0.25, 0.3) is 28.0 Å². The van der Waals surface area contributed by atoms with E-state index in [2.05, 4.69) is 35.3 Å². The minimum atomic E-state index is -5.09. The Kier molecular flexibility index (Phi) is 11.2. The van der Waals surface area contributed by atoms with Crippen molar-refractivity contribution in [3.05, 3.63) is 88.5 Å². The highest BCUT2D eigenvalue weighted by Gasteiger charge is 2.33. The van der Waals surface area contributed by atoms with Crippen molar-refractivity contribution in [1.29, 1.82) is 0 Å². The molecule has 2 aromatic carbocycles. The van der Waals surface area contributed by atoms with Gasteiger partial charge in [-0.1, -0.05) is 17.3 Å². The Morgan fingerprint density at radius 3 is 2.54 bits per heavy atom. The van der Waals surface area contributed by atoms with Crippen molar-refractivity contribution in [2.75, 3.05) is 6.54 Å². The first-order valence-electron chi connectivity index (χ1n) is 16.0. The van der Waals surface area contributed by atoms with Crippen LogP contribution in [0.5, 0.6) is 5.75 Å². The first-order chi connectivity index (χ1) is 23.8. The lowest BCUT2D eigenvalue weighted by Gasteiger charge is -2.18. The molecule has 3 atom stereocenters. The molecule has 0 radical (unpaired) electrons. The highest BCUT2D eigenvalue weighted by atomic mass is 19.4. The minimum absolute atomic E-state index is 0.00709. The summed E-state index contributed by atoms with van der Waals surface area (Å²) >= 11 is 0. The first kappa shape index (κ1) is 36.0. The van der Waals surface area contributed by atoms with Gasteiger partial charge in [0.05, 0.1) is 30.2 Å². The molecule has 266 valence electrons. The highest BCUT2D eigenvalue weighted by molar-refractivity contribution is 5.83. The minimum Gasteiger partial charge on any atom is -0.403 e. The number of alkyl halides is 3. The molecular formula is C33H39F4N11O2. The fraction of sp³-hybridized carbons (Fsp3) is 0.364. The fourth-order valence-electron chi connectivity index (χ4n) is 5.61. The summed E-state index contributed by atoms with van der Waals surface area (Å²) in [5, 5.41) is 11.7. The third-order valence-corrected chi connectivity index (χ3v) is 8.05. The number of aryl methyl sites for hydroxylation is 1. The van der Waals surface area contributed by atoms with Crippen LogP contribution in [0.2, 0.25) is 0 Å². The lowest BCUT2D eigenvalue weighted by molar-refractivity contribution is -0.275. The van der Waals surface area contributed by atoms with Gasteiger partial charge >= 0.3 is 12.1 Å². The number of nitrogens with one attached hydrogen (secondary N) is 2. The molecule has 5 rings (SSSR count). The van der Waals surface area contributed by atoms with Crippen molar-refractivity contribution in [2.24, 2.45) is 22.2 Å².